The van der Waals surface area contributed by atoms with E-state index < -0.39 is 15.2 Å². The summed E-state index contributed by atoms with van der Waals surface area (Å²) in [5.41, 5.74) is 0.678. The van der Waals surface area contributed by atoms with Crippen LogP contribution in [0.15, 0.2) is 24.4 Å². The van der Waals surface area contributed by atoms with Crippen LogP contribution in [0.25, 0.3) is 0 Å². The van der Waals surface area contributed by atoms with Crippen LogP contribution in [0.4, 0.5) is 0 Å². The Labute approximate surface area is 106 Å². The molecule has 0 saturated heterocycles. The molecule has 5 nitrogen and oxygen atoms in total. The second-order valence-electron chi connectivity index (χ2n) is 3.37. The van der Waals surface area contributed by atoms with Crippen LogP contribution >= 0.6 is 11.6 Å². The van der Waals surface area contributed by atoms with Crippen LogP contribution in [-0.4, -0.2) is 43.2 Å². The van der Waals surface area contributed by atoms with Crippen LogP contribution in [0.2, 0.25) is 0 Å². The third-order valence-corrected chi connectivity index (χ3v) is 4.34. The van der Waals surface area contributed by atoms with Crippen molar-refractivity contribution in [3.63, 3.8) is 0 Å². The minimum absolute atomic E-state index is 0.208. The number of alkyl halides is 1. The molecule has 0 atom stereocenters. The van der Waals surface area contributed by atoms with Gasteiger partial charge in [-0.15, -0.1) is 11.6 Å². The van der Waals surface area contributed by atoms with Crippen LogP contribution in [0.1, 0.15) is 5.69 Å². The highest BCUT2D eigenvalue weighted by molar-refractivity contribution is 7.90. The molecule has 0 bridgehead atoms. The largest absolute Gasteiger partial charge is 0.383 e. The lowest BCUT2D eigenvalue weighted by Crippen LogP contribution is -2.34. The van der Waals surface area contributed by atoms with Crippen molar-refractivity contribution in [1.29, 1.82) is 0 Å². The Bertz CT molecular complexity index is 424. The quantitative estimate of drug-likeness (QED) is 0.700. The Morgan fingerprint density at radius 1 is 1.47 bits per heavy atom. The normalized spacial score (nSPS) is 11.9. The second-order valence-corrected chi connectivity index (χ2v) is 5.92. The van der Waals surface area contributed by atoms with Crippen molar-refractivity contribution in [1.82, 2.24) is 9.29 Å². The number of nitrogens with zero attached hydrogens (tertiary/aromatic N) is 2. The van der Waals surface area contributed by atoms with Gasteiger partial charge >= 0.3 is 0 Å². The Morgan fingerprint density at radius 3 is 2.76 bits per heavy atom. The van der Waals surface area contributed by atoms with Gasteiger partial charge in [-0.2, -0.15) is 4.31 Å². The maximum atomic E-state index is 11.7. The lowest BCUT2D eigenvalue weighted by Gasteiger charge is -2.19. The molecular formula is C10H15ClN2O3S. The molecule has 0 saturated carbocycles. The van der Waals surface area contributed by atoms with Crippen molar-refractivity contribution in [2.45, 2.75) is 6.54 Å². The van der Waals surface area contributed by atoms with E-state index in [1.807, 2.05) is 6.07 Å². The molecule has 1 aromatic heterocycles. The summed E-state index contributed by atoms with van der Waals surface area (Å²) in [4.78, 5) is 4.08. The van der Waals surface area contributed by atoms with E-state index in [4.69, 9.17) is 16.3 Å². The number of hydrogen-bond donors (Lipinski definition) is 0. The molecule has 0 radical (unpaired) electrons. The van der Waals surface area contributed by atoms with E-state index in [0.29, 0.717) is 12.3 Å². The maximum Gasteiger partial charge on any atom is 0.228 e. The van der Waals surface area contributed by atoms with Crippen LogP contribution < -0.4 is 0 Å². The van der Waals surface area contributed by atoms with E-state index in [0.717, 1.165) is 0 Å². The van der Waals surface area contributed by atoms with Crippen LogP contribution in [0.5, 0.6) is 0 Å². The Kier molecular flexibility index (Phi) is 5.84. The average molecular weight is 279 g/mol. The number of pyridine rings is 1. The summed E-state index contributed by atoms with van der Waals surface area (Å²) in [7, 11) is -1.93. The smallest absolute Gasteiger partial charge is 0.228 e. The van der Waals surface area contributed by atoms with Crippen LogP contribution in [-0.2, 0) is 21.3 Å². The second kappa shape index (κ2) is 6.90. The zero-order chi connectivity index (χ0) is 12.7. The van der Waals surface area contributed by atoms with E-state index in [9.17, 15) is 8.42 Å². The fraction of sp³-hybridized carbons (Fsp3) is 0.500. The number of rotatable bonds is 7. The summed E-state index contributed by atoms with van der Waals surface area (Å²) >= 11 is 5.44. The predicted molar refractivity (Wildman–Crippen MR) is 66.2 cm³/mol. The Balaban J connectivity index is 2.78. The van der Waals surface area contributed by atoms with Gasteiger partial charge in [0.25, 0.3) is 0 Å². The molecule has 96 valence electrons. The molecule has 17 heavy (non-hydrogen) atoms. The fourth-order valence-corrected chi connectivity index (χ4v) is 2.48. The first-order valence-corrected chi connectivity index (χ1v) is 7.17. The minimum atomic E-state index is -3.45. The molecule has 0 aliphatic rings. The highest BCUT2D eigenvalue weighted by Crippen LogP contribution is 2.09. The molecule has 7 heteroatoms. The summed E-state index contributed by atoms with van der Waals surface area (Å²) in [6.07, 6.45) is 1.62. The van der Waals surface area contributed by atoms with Crippen molar-refractivity contribution < 1.29 is 13.2 Å². The van der Waals surface area contributed by atoms with Crippen molar-refractivity contribution in [3.05, 3.63) is 30.1 Å². The molecule has 0 unspecified atom stereocenters. The van der Waals surface area contributed by atoms with Gasteiger partial charge in [0.05, 0.1) is 18.8 Å². The van der Waals surface area contributed by atoms with E-state index in [-0.39, 0.29) is 13.1 Å². The lowest BCUT2D eigenvalue weighted by molar-refractivity contribution is 0.177. The molecular weight excluding hydrogens is 264 g/mol. The van der Waals surface area contributed by atoms with Gasteiger partial charge in [0.1, 0.15) is 5.21 Å². The van der Waals surface area contributed by atoms with E-state index in [2.05, 4.69) is 4.98 Å². The van der Waals surface area contributed by atoms with Gasteiger partial charge in [-0.05, 0) is 12.1 Å². The lowest BCUT2D eigenvalue weighted by atomic mass is 10.3. The van der Waals surface area contributed by atoms with Gasteiger partial charge in [-0.1, -0.05) is 6.07 Å². The summed E-state index contributed by atoms with van der Waals surface area (Å²) in [5, 5.41) is -0.441. The first-order valence-electron chi connectivity index (χ1n) is 5.03. The molecule has 0 aliphatic carbocycles. The molecule has 0 aliphatic heterocycles. The number of hydrogen-bond acceptors (Lipinski definition) is 4. The van der Waals surface area contributed by atoms with Crippen molar-refractivity contribution >= 4 is 21.6 Å². The molecule has 1 heterocycles. The predicted octanol–water partition coefficient (Wildman–Crippen LogP) is 1.06. The number of ether oxygens (including phenoxy) is 1. The van der Waals surface area contributed by atoms with E-state index in [1.54, 1.807) is 18.3 Å². The fourth-order valence-electron chi connectivity index (χ4n) is 1.25. The number of sulfonamides is 1. The zero-order valence-corrected chi connectivity index (χ0v) is 11.1. The SMILES string of the molecule is COCCN(Cc1ccccn1)S(=O)(=O)CCl. The monoisotopic (exact) mass is 278 g/mol. The maximum absolute atomic E-state index is 11.7. The third kappa shape index (κ3) is 4.59. The highest BCUT2D eigenvalue weighted by Gasteiger charge is 2.21. The highest BCUT2D eigenvalue weighted by atomic mass is 35.5. The van der Waals surface area contributed by atoms with Crippen molar-refractivity contribution in [2.24, 2.45) is 0 Å². The van der Waals surface area contributed by atoms with Crippen molar-refractivity contribution in [3.8, 4) is 0 Å². The van der Waals surface area contributed by atoms with Gasteiger partial charge in [0.15, 0.2) is 0 Å². The van der Waals surface area contributed by atoms with Gasteiger partial charge in [-0.3, -0.25) is 4.98 Å². The van der Waals surface area contributed by atoms with Gasteiger partial charge in [-0.25, -0.2) is 8.42 Å². The Hall–Kier alpha value is -0.690. The average Bonchev–Trinajstić information content (AvgIpc) is 2.35. The molecule has 0 N–H and O–H groups in total. The third-order valence-electron chi connectivity index (χ3n) is 2.14. The Morgan fingerprint density at radius 2 is 2.24 bits per heavy atom. The summed E-state index contributed by atoms with van der Waals surface area (Å²) in [6.45, 7) is 0.796. The van der Waals surface area contributed by atoms with E-state index in [1.165, 1.54) is 11.4 Å². The summed E-state index contributed by atoms with van der Waals surface area (Å²) < 4.78 is 29.6. The molecule has 0 amide bonds. The first kappa shape index (κ1) is 14.4. The zero-order valence-electron chi connectivity index (χ0n) is 9.54. The van der Waals surface area contributed by atoms with Crippen LogP contribution in [0, 0.1) is 0 Å². The van der Waals surface area contributed by atoms with Gasteiger partial charge < -0.3 is 4.74 Å². The standard InChI is InChI=1S/C10H15ClN2O3S/c1-16-7-6-13(17(14,15)9-11)8-10-4-2-3-5-12-10/h2-5H,6-9H2,1H3. The van der Waals surface area contributed by atoms with Gasteiger partial charge in [0, 0.05) is 19.9 Å². The number of methoxy groups -OCH3 is 1. The van der Waals surface area contributed by atoms with Gasteiger partial charge in [0.2, 0.25) is 10.0 Å². The molecule has 0 spiro atoms. The summed E-state index contributed by atoms with van der Waals surface area (Å²) in [5.74, 6) is 0. The molecule has 0 fully saturated rings. The van der Waals surface area contributed by atoms with Crippen molar-refractivity contribution in [2.75, 3.05) is 25.5 Å². The molecule has 1 rings (SSSR count). The minimum Gasteiger partial charge on any atom is -0.383 e. The molecule has 0 aromatic carbocycles. The first-order chi connectivity index (χ1) is 8.10. The molecule has 1 aromatic rings. The van der Waals surface area contributed by atoms with E-state index >= 15 is 0 Å². The van der Waals surface area contributed by atoms with Crippen LogP contribution in [0.3, 0.4) is 0 Å². The summed E-state index contributed by atoms with van der Waals surface area (Å²) in [6, 6.07) is 5.35. The number of aromatic nitrogens is 1. The number of halogens is 1. The topological polar surface area (TPSA) is 59.5 Å².